The Balaban J connectivity index is 2.02. The van der Waals surface area contributed by atoms with Crippen LogP contribution in [0.3, 0.4) is 0 Å². The first-order valence-electron chi connectivity index (χ1n) is 7.95. The van der Waals surface area contributed by atoms with E-state index < -0.39 is 10.0 Å². The topological polar surface area (TPSA) is 66.5 Å². The van der Waals surface area contributed by atoms with Crippen molar-refractivity contribution in [2.24, 2.45) is 17.3 Å². The quantitative estimate of drug-likeness (QED) is 0.829. The molecule has 2 saturated heterocycles. The highest BCUT2D eigenvalue weighted by Crippen LogP contribution is 2.38. The van der Waals surface area contributed by atoms with E-state index in [4.69, 9.17) is 0 Å². The zero-order valence-electron chi connectivity index (χ0n) is 13.4. The fourth-order valence-electron chi connectivity index (χ4n) is 3.72. The number of ketones is 1. The molecule has 2 fully saturated rings. The van der Waals surface area contributed by atoms with Gasteiger partial charge in [0.25, 0.3) is 0 Å². The van der Waals surface area contributed by atoms with Crippen molar-refractivity contribution in [2.45, 2.75) is 39.5 Å². The van der Waals surface area contributed by atoms with Crippen LogP contribution in [0.1, 0.15) is 39.5 Å². The molecule has 2 rings (SSSR count). The van der Waals surface area contributed by atoms with E-state index in [-0.39, 0.29) is 11.3 Å². The second kappa shape index (κ2) is 6.34. The second-order valence-electron chi connectivity index (χ2n) is 6.99. The minimum absolute atomic E-state index is 0.178. The molecule has 0 aromatic carbocycles. The van der Waals surface area contributed by atoms with Crippen molar-refractivity contribution in [3.8, 4) is 0 Å². The van der Waals surface area contributed by atoms with Gasteiger partial charge >= 0.3 is 0 Å². The lowest BCUT2D eigenvalue weighted by Gasteiger charge is -2.35. The van der Waals surface area contributed by atoms with Crippen molar-refractivity contribution in [2.75, 3.05) is 32.4 Å². The van der Waals surface area contributed by atoms with Gasteiger partial charge < -0.3 is 5.32 Å². The minimum Gasteiger partial charge on any atom is -0.316 e. The Labute approximate surface area is 128 Å². The molecule has 0 saturated carbocycles. The van der Waals surface area contributed by atoms with E-state index in [9.17, 15) is 13.2 Å². The molecule has 2 aliphatic heterocycles. The summed E-state index contributed by atoms with van der Waals surface area (Å²) in [5.41, 5.74) is -0.243. The van der Waals surface area contributed by atoms with Gasteiger partial charge in [-0.1, -0.05) is 13.8 Å². The Hall–Kier alpha value is -0.460. The van der Waals surface area contributed by atoms with Gasteiger partial charge in [-0.2, -0.15) is 0 Å². The molecule has 0 amide bonds. The van der Waals surface area contributed by atoms with Crippen LogP contribution in [0.5, 0.6) is 0 Å². The number of Topliss-reactive ketones (excluding diaryl/α,β-unsaturated/α-hetero) is 1. The lowest BCUT2D eigenvalue weighted by molar-refractivity contribution is -0.131. The number of sulfonamides is 1. The molecule has 5 nitrogen and oxygen atoms in total. The van der Waals surface area contributed by atoms with E-state index in [1.165, 1.54) is 10.6 Å². The predicted octanol–water partition coefficient (Wildman–Crippen LogP) is 1.25. The first kappa shape index (κ1) is 16.9. The first-order valence-corrected chi connectivity index (χ1v) is 9.79. The van der Waals surface area contributed by atoms with Crippen molar-refractivity contribution in [3.05, 3.63) is 0 Å². The Morgan fingerprint density at radius 1 is 1.43 bits per heavy atom. The summed E-state index contributed by atoms with van der Waals surface area (Å²) in [6, 6.07) is 0. The number of nitrogens with one attached hydrogen (secondary N) is 1. The van der Waals surface area contributed by atoms with Crippen LogP contribution in [0.15, 0.2) is 0 Å². The Morgan fingerprint density at radius 3 is 2.67 bits per heavy atom. The van der Waals surface area contributed by atoms with Crippen molar-refractivity contribution in [1.29, 1.82) is 0 Å². The standard InChI is InChI=1S/C15H28N2O3S/c1-12(2)15(6-7-16-11-15)14(18)9-13-5-4-8-17(10-13)21(3,19)20/h12-13,16H,4-11H2,1-3H3. The summed E-state index contributed by atoms with van der Waals surface area (Å²) in [6.07, 6.45) is 4.50. The van der Waals surface area contributed by atoms with Crippen molar-refractivity contribution >= 4 is 15.8 Å². The first-order chi connectivity index (χ1) is 9.75. The van der Waals surface area contributed by atoms with Gasteiger partial charge in [0.1, 0.15) is 5.78 Å². The zero-order chi connectivity index (χ0) is 15.7. The normalized spacial score (nSPS) is 31.7. The fourth-order valence-corrected chi connectivity index (χ4v) is 4.67. The smallest absolute Gasteiger partial charge is 0.211 e. The van der Waals surface area contributed by atoms with Crippen molar-refractivity contribution < 1.29 is 13.2 Å². The molecule has 0 bridgehead atoms. The van der Waals surface area contributed by atoms with Gasteiger partial charge in [-0.25, -0.2) is 12.7 Å². The average Bonchev–Trinajstić information content (AvgIpc) is 2.88. The molecular formula is C15H28N2O3S. The maximum absolute atomic E-state index is 12.8. The molecule has 21 heavy (non-hydrogen) atoms. The van der Waals surface area contributed by atoms with Crippen LogP contribution in [0, 0.1) is 17.3 Å². The monoisotopic (exact) mass is 316 g/mol. The predicted molar refractivity (Wildman–Crippen MR) is 83.5 cm³/mol. The van der Waals surface area contributed by atoms with Crippen LogP contribution < -0.4 is 5.32 Å². The summed E-state index contributed by atoms with van der Waals surface area (Å²) in [5.74, 6) is 0.828. The van der Waals surface area contributed by atoms with E-state index in [0.717, 1.165) is 32.4 Å². The summed E-state index contributed by atoms with van der Waals surface area (Å²) in [4.78, 5) is 12.8. The number of rotatable bonds is 5. The highest BCUT2D eigenvalue weighted by molar-refractivity contribution is 7.88. The third-order valence-corrected chi connectivity index (χ3v) is 6.54. The highest BCUT2D eigenvalue weighted by atomic mass is 32.2. The highest BCUT2D eigenvalue weighted by Gasteiger charge is 2.44. The van der Waals surface area contributed by atoms with E-state index in [0.29, 0.717) is 31.2 Å². The Kier molecular flexibility index (Phi) is 5.11. The van der Waals surface area contributed by atoms with Crippen LogP contribution in [0.4, 0.5) is 0 Å². The third-order valence-electron chi connectivity index (χ3n) is 5.27. The summed E-state index contributed by atoms with van der Waals surface area (Å²) in [6.45, 7) is 7.02. The van der Waals surface area contributed by atoms with Gasteiger partial charge in [0.2, 0.25) is 10.0 Å². The van der Waals surface area contributed by atoms with Crippen LogP contribution in [-0.2, 0) is 14.8 Å². The van der Waals surface area contributed by atoms with Crippen LogP contribution in [-0.4, -0.2) is 50.9 Å². The van der Waals surface area contributed by atoms with E-state index in [2.05, 4.69) is 19.2 Å². The maximum atomic E-state index is 12.8. The number of carbonyl (C=O) groups excluding carboxylic acids is 1. The van der Waals surface area contributed by atoms with Crippen LogP contribution in [0.25, 0.3) is 0 Å². The van der Waals surface area contributed by atoms with Gasteiger partial charge in [-0.15, -0.1) is 0 Å². The van der Waals surface area contributed by atoms with E-state index >= 15 is 0 Å². The van der Waals surface area contributed by atoms with Crippen LogP contribution >= 0.6 is 0 Å². The number of carbonyl (C=O) groups is 1. The lowest BCUT2D eigenvalue weighted by Crippen LogP contribution is -2.43. The molecule has 0 spiro atoms. The zero-order valence-corrected chi connectivity index (χ0v) is 14.2. The van der Waals surface area contributed by atoms with Crippen molar-refractivity contribution in [3.63, 3.8) is 0 Å². The van der Waals surface area contributed by atoms with Crippen molar-refractivity contribution in [1.82, 2.24) is 9.62 Å². The summed E-state index contributed by atoms with van der Waals surface area (Å²) < 4.78 is 24.9. The van der Waals surface area contributed by atoms with E-state index in [1.54, 1.807) is 0 Å². The third kappa shape index (κ3) is 3.66. The molecule has 2 aliphatic rings. The molecule has 0 aromatic rings. The van der Waals surface area contributed by atoms with Gasteiger partial charge in [-0.05, 0) is 37.6 Å². The van der Waals surface area contributed by atoms with E-state index in [1.807, 2.05) is 0 Å². The second-order valence-corrected chi connectivity index (χ2v) is 8.98. The summed E-state index contributed by atoms with van der Waals surface area (Å²) in [7, 11) is -3.14. The molecule has 1 N–H and O–H groups in total. The molecule has 0 radical (unpaired) electrons. The molecule has 2 unspecified atom stereocenters. The number of hydrogen-bond donors (Lipinski definition) is 1. The Morgan fingerprint density at radius 2 is 2.14 bits per heavy atom. The molecule has 0 aliphatic carbocycles. The van der Waals surface area contributed by atoms with Gasteiger partial charge in [0.05, 0.1) is 6.26 Å². The van der Waals surface area contributed by atoms with Gasteiger partial charge in [-0.3, -0.25) is 4.79 Å². The molecule has 2 heterocycles. The minimum atomic E-state index is -3.14. The SMILES string of the molecule is CC(C)C1(C(=O)CC2CCCN(S(C)(=O)=O)C2)CCNC1. The molecular weight excluding hydrogens is 288 g/mol. The summed E-state index contributed by atoms with van der Waals surface area (Å²) in [5, 5.41) is 3.32. The average molecular weight is 316 g/mol. The fraction of sp³-hybridized carbons (Fsp3) is 0.933. The Bertz CT molecular complexity index is 481. The molecule has 122 valence electrons. The molecule has 2 atom stereocenters. The maximum Gasteiger partial charge on any atom is 0.211 e. The number of hydrogen-bond acceptors (Lipinski definition) is 4. The van der Waals surface area contributed by atoms with Gasteiger partial charge in [0.15, 0.2) is 0 Å². The lowest BCUT2D eigenvalue weighted by atomic mass is 9.70. The number of nitrogens with zero attached hydrogens (tertiary/aromatic N) is 1. The van der Waals surface area contributed by atoms with Gasteiger partial charge in [0, 0.05) is 31.5 Å². The largest absolute Gasteiger partial charge is 0.316 e. The molecule has 6 heteroatoms. The number of piperidine rings is 1. The summed E-state index contributed by atoms with van der Waals surface area (Å²) >= 11 is 0. The molecule has 0 aromatic heterocycles. The van der Waals surface area contributed by atoms with Crippen LogP contribution in [0.2, 0.25) is 0 Å².